The van der Waals surface area contributed by atoms with Gasteiger partial charge in [-0.1, -0.05) is 6.92 Å². The molecule has 5 N–H and O–H groups in total. The van der Waals surface area contributed by atoms with Gasteiger partial charge in [0.15, 0.2) is 0 Å². The van der Waals surface area contributed by atoms with E-state index in [0.29, 0.717) is 0 Å². The van der Waals surface area contributed by atoms with Crippen molar-refractivity contribution in [3.63, 3.8) is 0 Å². The van der Waals surface area contributed by atoms with E-state index in [2.05, 4.69) is 5.32 Å². The lowest BCUT2D eigenvalue weighted by atomic mass is 10.0. The summed E-state index contributed by atoms with van der Waals surface area (Å²) in [6.45, 7) is 3.13. The predicted molar refractivity (Wildman–Crippen MR) is 54.1 cm³/mol. The third-order valence-corrected chi connectivity index (χ3v) is 1.98. The maximum absolute atomic E-state index is 11.3. The SMILES string of the molecule is CC(CN)C(=O)NCC(C)(O)CC(=O)O. The average Bonchev–Trinajstić information content (AvgIpc) is 2.11. The van der Waals surface area contributed by atoms with E-state index in [-0.39, 0.29) is 24.9 Å². The number of hydrogen-bond acceptors (Lipinski definition) is 4. The molecule has 0 spiro atoms. The Bertz CT molecular complexity index is 240. The second-order valence-electron chi connectivity index (χ2n) is 3.92. The molecule has 0 saturated carbocycles. The first kappa shape index (κ1) is 13.9. The molecule has 0 fully saturated rings. The van der Waals surface area contributed by atoms with Crippen LogP contribution < -0.4 is 11.1 Å². The fourth-order valence-electron chi connectivity index (χ4n) is 0.947. The highest BCUT2D eigenvalue weighted by atomic mass is 16.4. The highest BCUT2D eigenvalue weighted by Gasteiger charge is 2.25. The standard InChI is InChI=1S/C9H18N2O4/c1-6(4-10)8(14)11-5-9(2,15)3-7(12)13/h6,15H,3-5,10H2,1-2H3,(H,11,14)(H,12,13). The monoisotopic (exact) mass is 218 g/mol. The Balaban J connectivity index is 4.03. The molecule has 0 radical (unpaired) electrons. The number of carbonyl (C=O) groups is 2. The van der Waals surface area contributed by atoms with Gasteiger partial charge >= 0.3 is 5.97 Å². The van der Waals surface area contributed by atoms with Gasteiger partial charge in [-0.15, -0.1) is 0 Å². The van der Waals surface area contributed by atoms with E-state index in [0.717, 1.165) is 0 Å². The molecule has 15 heavy (non-hydrogen) atoms. The van der Waals surface area contributed by atoms with Crippen molar-refractivity contribution in [2.75, 3.05) is 13.1 Å². The van der Waals surface area contributed by atoms with Gasteiger partial charge in [0.05, 0.1) is 12.0 Å². The van der Waals surface area contributed by atoms with Crippen molar-refractivity contribution in [3.05, 3.63) is 0 Å². The molecule has 1 amide bonds. The topological polar surface area (TPSA) is 113 Å². The number of nitrogens with two attached hydrogens (primary N) is 1. The molecular formula is C9H18N2O4. The van der Waals surface area contributed by atoms with Crippen molar-refractivity contribution in [1.29, 1.82) is 0 Å². The molecule has 0 aliphatic rings. The van der Waals surface area contributed by atoms with Crippen LogP contribution in [-0.2, 0) is 9.59 Å². The van der Waals surface area contributed by atoms with E-state index < -0.39 is 18.0 Å². The third kappa shape index (κ3) is 6.03. The molecule has 6 nitrogen and oxygen atoms in total. The van der Waals surface area contributed by atoms with Gasteiger partial charge < -0.3 is 21.3 Å². The molecule has 0 aliphatic carbocycles. The lowest BCUT2D eigenvalue weighted by molar-refractivity contribution is -0.142. The number of carboxylic acid groups (broad SMARTS) is 1. The summed E-state index contributed by atoms with van der Waals surface area (Å²) in [6, 6.07) is 0. The Hall–Kier alpha value is -1.14. The number of nitrogens with one attached hydrogen (secondary N) is 1. The van der Waals surface area contributed by atoms with Gasteiger partial charge in [0.25, 0.3) is 0 Å². The number of rotatable bonds is 6. The van der Waals surface area contributed by atoms with Crippen molar-refractivity contribution in [2.45, 2.75) is 25.9 Å². The summed E-state index contributed by atoms with van der Waals surface area (Å²) in [5.74, 6) is -1.74. The van der Waals surface area contributed by atoms with Crippen molar-refractivity contribution >= 4 is 11.9 Å². The van der Waals surface area contributed by atoms with E-state index in [1.165, 1.54) is 6.92 Å². The largest absolute Gasteiger partial charge is 0.481 e. The van der Waals surface area contributed by atoms with Crippen LogP contribution in [0, 0.1) is 5.92 Å². The zero-order chi connectivity index (χ0) is 12.1. The van der Waals surface area contributed by atoms with Crippen LogP contribution in [0.3, 0.4) is 0 Å². The lowest BCUT2D eigenvalue weighted by Gasteiger charge is -2.22. The van der Waals surface area contributed by atoms with E-state index in [1.54, 1.807) is 6.92 Å². The lowest BCUT2D eigenvalue weighted by Crippen LogP contribution is -2.44. The summed E-state index contributed by atoms with van der Waals surface area (Å²) >= 11 is 0. The van der Waals surface area contributed by atoms with E-state index in [4.69, 9.17) is 10.8 Å². The van der Waals surface area contributed by atoms with Gasteiger partial charge in [0, 0.05) is 19.0 Å². The van der Waals surface area contributed by atoms with Crippen LogP contribution in [0.5, 0.6) is 0 Å². The van der Waals surface area contributed by atoms with Crippen LogP contribution in [0.4, 0.5) is 0 Å². The maximum Gasteiger partial charge on any atom is 0.306 e. The van der Waals surface area contributed by atoms with Gasteiger partial charge in [0.2, 0.25) is 5.91 Å². The second kappa shape index (κ2) is 5.67. The fraction of sp³-hybridized carbons (Fsp3) is 0.778. The normalized spacial score (nSPS) is 16.5. The molecule has 0 aromatic heterocycles. The Morgan fingerprint density at radius 2 is 2.07 bits per heavy atom. The molecule has 0 aliphatic heterocycles. The summed E-state index contributed by atoms with van der Waals surface area (Å²) in [5.41, 5.74) is 3.84. The zero-order valence-electron chi connectivity index (χ0n) is 8.99. The van der Waals surface area contributed by atoms with Crippen LogP contribution >= 0.6 is 0 Å². The minimum absolute atomic E-state index is 0.0948. The highest BCUT2D eigenvalue weighted by molar-refractivity contribution is 5.78. The molecule has 0 rings (SSSR count). The fourth-order valence-corrected chi connectivity index (χ4v) is 0.947. The van der Waals surface area contributed by atoms with Crippen LogP contribution in [0.15, 0.2) is 0 Å². The van der Waals surface area contributed by atoms with Gasteiger partial charge in [0.1, 0.15) is 0 Å². The van der Waals surface area contributed by atoms with Crippen molar-refractivity contribution < 1.29 is 19.8 Å². The number of aliphatic carboxylic acids is 1. The summed E-state index contributed by atoms with van der Waals surface area (Å²) in [6.07, 6.45) is -0.412. The first-order valence-electron chi connectivity index (χ1n) is 4.70. The van der Waals surface area contributed by atoms with Gasteiger partial charge in [-0.3, -0.25) is 9.59 Å². The quantitative estimate of drug-likeness (QED) is 0.453. The molecule has 2 atom stereocenters. The molecular weight excluding hydrogens is 200 g/mol. The number of amides is 1. The zero-order valence-corrected chi connectivity index (χ0v) is 8.99. The summed E-state index contributed by atoms with van der Waals surface area (Å²) in [4.78, 5) is 21.6. The number of carboxylic acids is 1. The highest BCUT2D eigenvalue weighted by Crippen LogP contribution is 2.07. The van der Waals surface area contributed by atoms with Crippen LogP contribution in [0.2, 0.25) is 0 Å². The molecule has 0 saturated heterocycles. The van der Waals surface area contributed by atoms with Gasteiger partial charge in [-0.05, 0) is 6.92 Å². The molecule has 0 aromatic carbocycles. The maximum atomic E-state index is 11.3. The summed E-state index contributed by atoms with van der Waals surface area (Å²) in [5, 5.41) is 20.5. The third-order valence-electron chi connectivity index (χ3n) is 1.98. The molecule has 6 heteroatoms. The summed E-state index contributed by atoms with van der Waals surface area (Å²) in [7, 11) is 0. The number of aliphatic hydroxyl groups is 1. The Morgan fingerprint density at radius 3 is 2.47 bits per heavy atom. The minimum atomic E-state index is -1.43. The molecule has 88 valence electrons. The van der Waals surface area contributed by atoms with E-state index >= 15 is 0 Å². The number of hydrogen-bond donors (Lipinski definition) is 4. The number of carbonyl (C=O) groups excluding carboxylic acids is 1. The molecule has 0 bridgehead atoms. The van der Waals surface area contributed by atoms with Gasteiger partial charge in [-0.25, -0.2) is 0 Å². The van der Waals surface area contributed by atoms with Crippen LogP contribution in [0.25, 0.3) is 0 Å². The van der Waals surface area contributed by atoms with Crippen LogP contribution in [0.1, 0.15) is 20.3 Å². The van der Waals surface area contributed by atoms with Crippen LogP contribution in [-0.4, -0.2) is 40.8 Å². The van der Waals surface area contributed by atoms with Crippen molar-refractivity contribution in [3.8, 4) is 0 Å². The Labute approximate surface area is 88.5 Å². The Kier molecular flexibility index (Phi) is 5.24. The van der Waals surface area contributed by atoms with Crippen molar-refractivity contribution in [2.24, 2.45) is 11.7 Å². The Morgan fingerprint density at radius 1 is 1.53 bits per heavy atom. The van der Waals surface area contributed by atoms with E-state index in [9.17, 15) is 14.7 Å². The molecule has 2 unspecified atom stereocenters. The average molecular weight is 218 g/mol. The van der Waals surface area contributed by atoms with Crippen molar-refractivity contribution in [1.82, 2.24) is 5.32 Å². The first-order valence-corrected chi connectivity index (χ1v) is 4.70. The second-order valence-corrected chi connectivity index (χ2v) is 3.92. The molecule has 0 aromatic rings. The smallest absolute Gasteiger partial charge is 0.306 e. The van der Waals surface area contributed by atoms with E-state index in [1.807, 2.05) is 0 Å². The van der Waals surface area contributed by atoms with Gasteiger partial charge in [-0.2, -0.15) is 0 Å². The summed E-state index contributed by atoms with van der Waals surface area (Å²) < 4.78 is 0. The minimum Gasteiger partial charge on any atom is -0.481 e. The molecule has 0 heterocycles. The predicted octanol–water partition coefficient (Wildman–Crippen LogP) is -1.08. The first-order chi connectivity index (χ1) is 6.78.